The lowest BCUT2D eigenvalue weighted by Gasteiger charge is -2.08. The predicted molar refractivity (Wildman–Crippen MR) is 74.5 cm³/mol. The van der Waals surface area contributed by atoms with E-state index >= 15 is 0 Å². The Morgan fingerprint density at radius 2 is 1.95 bits per heavy atom. The summed E-state index contributed by atoms with van der Waals surface area (Å²) in [6.45, 7) is 0.637. The standard InChI is InChI=1S/C14H14ClN3O/c15-12-7-13(18-14(17-12)10-3-4-10)16-8-9-1-5-11(19)6-2-9/h1-2,5-7,10,19H,3-4,8H2,(H,16,17,18). The topological polar surface area (TPSA) is 58.0 Å². The van der Waals surface area contributed by atoms with Crippen molar-refractivity contribution in [3.63, 3.8) is 0 Å². The third-order valence-electron chi connectivity index (χ3n) is 3.06. The Morgan fingerprint density at radius 1 is 1.21 bits per heavy atom. The molecule has 1 fully saturated rings. The van der Waals surface area contributed by atoms with E-state index in [1.807, 2.05) is 12.1 Å². The number of hydrogen-bond donors (Lipinski definition) is 2. The van der Waals surface area contributed by atoms with Gasteiger partial charge < -0.3 is 10.4 Å². The molecule has 0 atom stereocenters. The molecular formula is C14H14ClN3O. The van der Waals surface area contributed by atoms with E-state index in [9.17, 15) is 5.11 Å². The first kappa shape index (κ1) is 12.2. The van der Waals surface area contributed by atoms with Gasteiger partial charge in [0, 0.05) is 18.5 Å². The zero-order valence-corrected chi connectivity index (χ0v) is 11.1. The molecule has 1 aromatic carbocycles. The van der Waals surface area contributed by atoms with E-state index in [1.54, 1.807) is 18.2 Å². The molecule has 5 heteroatoms. The molecule has 3 rings (SSSR count). The van der Waals surface area contributed by atoms with Gasteiger partial charge in [-0.25, -0.2) is 9.97 Å². The highest BCUT2D eigenvalue weighted by molar-refractivity contribution is 6.29. The SMILES string of the molecule is Oc1ccc(CNc2cc(Cl)nc(C3CC3)n2)cc1. The van der Waals surface area contributed by atoms with E-state index in [-0.39, 0.29) is 5.75 Å². The van der Waals surface area contributed by atoms with Gasteiger partial charge in [-0.2, -0.15) is 0 Å². The van der Waals surface area contributed by atoms with Gasteiger partial charge in [-0.1, -0.05) is 23.7 Å². The van der Waals surface area contributed by atoms with Crippen LogP contribution in [0.5, 0.6) is 5.75 Å². The first-order valence-corrected chi connectivity index (χ1v) is 6.65. The molecule has 98 valence electrons. The van der Waals surface area contributed by atoms with Gasteiger partial charge in [0.1, 0.15) is 22.5 Å². The highest BCUT2D eigenvalue weighted by atomic mass is 35.5. The number of phenols is 1. The van der Waals surface area contributed by atoms with Crippen LogP contribution in [-0.2, 0) is 6.54 Å². The summed E-state index contributed by atoms with van der Waals surface area (Å²) in [6, 6.07) is 8.80. The van der Waals surface area contributed by atoms with Crippen molar-refractivity contribution < 1.29 is 5.11 Å². The van der Waals surface area contributed by atoms with Crippen LogP contribution in [0, 0.1) is 0 Å². The minimum absolute atomic E-state index is 0.268. The predicted octanol–water partition coefficient (Wildman–Crippen LogP) is 3.33. The van der Waals surface area contributed by atoms with Crippen molar-refractivity contribution >= 4 is 17.4 Å². The van der Waals surface area contributed by atoms with E-state index in [2.05, 4.69) is 15.3 Å². The van der Waals surface area contributed by atoms with E-state index < -0.39 is 0 Å². The van der Waals surface area contributed by atoms with Gasteiger partial charge >= 0.3 is 0 Å². The summed E-state index contributed by atoms with van der Waals surface area (Å²) in [5, 5.41) is 12.9. The first-order valence-electron chi connectivity index (χ1n) is 6.27. The normalized spacial score (nSPS) is 14.4. The summed E-state index contributed by atoms with van der Waals surface area (Å²) in [5.74, 6) is 2.33. The number of halogens is 1. The van der Waals surface area contributed by atoms with E-state index in [1.165, 1.54) is 0 Å². The fourth-order valence-corrected chi connectivity index (χ4v) is 2.05. The molecule has 0 unspecified atom stereocenters. The second-order valence-electron chi connectivity index (χ2n) is 4.73. The molecule has 0 amide bonds. The average molecular weight is 276 g/mol. The molecule has 0 radical (unpaired) electrons. The fraction of sp³-hybridized carbons (Fsp3) is 0.286. The fourth-order valence-electron chi connectivity index (χ4n) is 1.86. The number of nitrogens with one attached hydrogen (secondary N) is 1. The van der Waals surface area contributed by atoms with Crippen molar-refractivity contribution in [2.24, 2.45) is 0 Å². The van der Waals surface area contributed by atoms with Crippen molar-refractivity contribution in [2.45, 2.75) is 25.3 Å². The van der Waals surface area contributed by atoms with Crippen LogP contribution in [0.15, 0.2) is 30.3 Å². The van der Waals surface area contributed by atoms with Crippen LogP contribution < -0.4 is 5.32 Å². The second kappa shape index (κ2) is 5.05. The van der Waals surface area contributed by atoms with Gasteiger partial charge in [0.2, 0.25) is 0 Å². The maximum absolute atomic E-state index is 9.22. The highest BCUT2D eigenvalue weighted by Crippen LogP contribution is 2.38. The van der Waals surface area contributed by atoms with Crippen LogP contribution >= 0.6 is 11.6 Å². The van der Waals surface area contributed by atoms with E-state index in [4.69, 9.17) is 11.6 Å². The maximum atomic E-state index is 9.22. The zero-order chi connectivity index (χ0) is 13.2. The molecule has 19 heavy (non-hydrogen) atoms. The molecule has 1 aromatic heterocycles. The number of anilines is 1. The Kier molecular flexibility index (Phi) is 3.25. The van der Waals surface area contributed by atoms with Crippen LogP contribution in [0.25, 0.3) is 0 Å². The van der Waals surface area contributed by atoms with Crippen molar-refractivity contribution in [1.82, 2.24) is 9.97 Å². The van der Waals surface area contributed by atoms with Crippen LogP contribution in [-0.4, -0.2) is 15.1 Å². The molecule has 1 heterocycles. The first-order chi connectivity index (χ1) is 9.20. The molecule has 2 aromatic rings. The molecule has 1 aliphatic rings. The second-order valence-corrected chi connectivity index (χ2v) is 5.12. The van der Waals surface area contributed by atoms with Gasteiger partial charge in [0.25, 0.3) is 0 Å². The van der Waals surface area contributed by atoms with Crippen LogP contribution in [0.1, 0.15) is 30.1 Å². The van der Waals surface area contributed by atoms with Crippen molar-refractivity contribution in [1.29, 1.82) is 0 Å². The third kappa shape index (κ3) is 3.15. The number of aromatic nitrogens is 2. The summed E-state index contributed by atoms with van der Waals surface area (Å²) < 4.78 is 0. The summed E-state index contributed by atoms with van der Waals surface area (Å²) >= 11 is 6.00. The van der Waals surface area contributed by atoms with Crippen molar-refractivity contribution in [2.75, 3.05) is 5.32 Å². The zero-order valence-electron chi connectivity index (χ0n) is 10.3. The number of phenolic OH excluding ortho intramolecular Hbond substituents is 1. The Balaban J connectivity index is 1.70. The summed E-state index contributed by atoms with van der Waals surface area (Å²) in [6.07, 6.45) is 2.30. The lowest BCUT2D eigenvalue weighted by Crippen LogP contribution is -2.04. The summed E-state index contributed by atoms with van der Waals surface area (Å²) in [7, 11) is 0. The monoisotopic (exact) mass is 275 g/mol. The minimum atomic E-state index is 0.268. The molecular weight excluding hydrogens is 262 g/mol. The average Bonchev–Trinajstić information content (AvgIpc) is 3.22. The Bertz CT molecular complexity index is 582. The largest absolute Gasteiger partial charge is 0.508 e. The Morgan fingerprint density at radius 3 is 2.63 bits per heavy atom. The van der Waals surface area contributed by atoms with Gasteiger partial charge in [-0.15, -0.1) is 0 Å². The molecule has 1 saturated carbocycles. The molecule has 0 bridgehead atoms. The number of nitrogens with zero attached hydrogens (tertiary/aromatic N) is 2. The molecule has 0 saturated heterocycles. The highest BCUT2D eigenvalue weighted by Gasteiger charge is 2.27. The number of aromatic hydroxyl groups is 1. The van der Waals surface area contributed by atoms with Crippen molar-refractivity contribution in [3.05, 3.63) is 46.9 Å². The van der Waals surface area contributed by atoms with Gasteiger partial charge in [0.15, 0.2) is 0 Å². The quantitative estimate of drug-likeness (QED) is 0.841. The summed E-state index contributed by atoms with van der Waals surface area (Å²) in [5.41, 5.74) is 1.07. The molecule has 0 spiro atoms. The van der Waals surface area contributed by atoms with Gasteiger partial charge in [0.05, 0.1) is 0 Å². The van der Waals surface area contributed by atoms with E-state index in [0.29, 0.717) is 17.6 Å². The number of rotatable bonds is 4. The Labute approximate surface area is 116 Å². The smallest absolute Gasteiger partial charge is 0.135 e. The number of benzene rings is 1. The van der Waals surface area contributed by atoms with E-state index in [0.717, 1.165) is 30.0 Å². The molecule has 0 aliphatic heterocycles. The maximum Gasteiger partial charge on any atom is 0.135 e. The molecule has 2 N–H and O–H groups in total. The van der Waals surface area contributed by atoms with Gasteiger partial charge in [-0.05, 0) is 30.5 Å². The lowest BCUT2D eigenvalue weighted by atomic mass is 10.2. The van der Waals surface area contributed by atoms with Crippen LogP contribution in [0.3, 0.4) is 0 Å². The minimum Gasteiger partial charge on any atom is -0.508 e. The summed E-state index contributed by atoms with van der Waals surface area (Å²) in [4.78, 5) is 8.72. The number of hydrogen-bond acceptors (Lipinski definition) is 4. The molecule has 1 aliphatic carbocycles. The third-order valence-corrected chi connectivity index (χ3v) is 3.26. The van der Waals surface area contributed by atoms with Crippen LogP contribution in [0.2, 0.25) is 5.15 Å². The lowest BCUT2D eigenvalue weighted by molar-refractivity contribution is 0.475. The van der Waals surface area contributed by atoms with Crippen LogP contribution in [0.4, 0.5) is 5.82 Å². The van der Waals surface area contributed by atoms with Crippen molar-refractivity contribution in [3.8, 4) is 5.75 Å². The van der Waals surface area contributed by atoms with Gasteiger partial charge in [-0.3, -0.25) is 0 Å². The molecule has 4 nitrogen and oxygen atoms in total. The Hall–Kier alpha value is -1.81.